The van der Waals surface area contributed by atoms with Crippen LogP contribution in [0, 0.1) is 5.41 Å². The molecule has 1 rings (SSSR count). The monoisotopic (exact) mass is 281 g/mol. The minimum atomic E-state index is 0.342. The van der Waals surface area contributed by atoms with Gasteiger partial charge in [-0.2, -0.15) is 0 Å². The van der Waals surface area contributed by atoms with E-state index in [2.05, 4.69) is 26.1 Å². The average molecular weight is 281 g/mol. The van der Waals surface area contributed by atoms with Crippen molar-refractivity contribution in [3.05, 3.63) is 17.7 Å². The fourth-order valence-corrected chi connectivity index (χ4v) is 1.99. The highest BCUT2D eigenvalue weighted by molar-refractivity contribution is 5.55. The van der Waals surface area contributed by atoms with Gasteiger partial charge >= 0.3 is 0 Å². The van der Waals surface area contributed by atoms with Crippen LogP contribution in [0.1, 0.15) is 32.8 Å². The molecule has 1 aromatic carbocycles. The molecule has 4 nitrogen and oxygen atoms in total. The van der Waals surface area contributed by atoms with Crippen LogP contribution in [0.5, 0.6) is 17.2 Å². The quantitative estimate of drug-likeness (QED) is 0.779. The van der Waals surface area contributed by atoms with Crippen LogP contribution in [-0.4, -0.2) is 27.9 Å². The van der Waals surface area contributed by atoms with E-state index >= 15 is 0 Å². The lowest BCUT2D eigenvalue weighted by molar-refractivity contribution is 0.321. The van der Waals surface area contributed by atoms with Crippen molar-refractivity contribution in [3.63, 3.8) is 0 Å². The Labute approximate surface area is 122 Å². The average Bonchev–Trinajstić information content (AvgIpc) is 2.41. The lowest BCUT2D eigenvalue weighted by Crippen LogP contribution is -2.20. The van der Waals surface area contributed by atoms with Gasteiger partial charge in [0.1, 0.15) is 0 Å². The lowest BCUT2D eigenvalue weighted by Gasteiger charge is -2.19. The fraction of sp³-hybridized carbons (Fsp3) is 0.625. The van der Waals surface area contributed by atoms with E-state index in [4.69, 9.17) is 14.2 Å². The minimum Gasteiger partial charge on any atom is -0.493 e. The molecule has 1 aromatic rings. The SMILES string of the molecule is COc1ccc(CNCCC(C)(C)C)c(OC)c1OC. The van der Waals surface area contributed by atoms with Gasteiger partial charge < -0.3 is 19.5 Å². The van der Waals surface area contributed by atoms with Crippen molar-refractivity contribution in [2.24, 2.45) is 5.41 Å². The number of methoxy groups -OCH3 is 3. The molecule has 0 aliphatic heterocycles. The lowest BCUT2D eigenvalue weighted by atomic mass is 9.92. The Balaban J connectivity index is 2.75. The summed E-state index contributed by atoms with van der Waals surface area (Å²) < 4.78 is 16.1. The van der Waals surface area contributed by atoms with Gasteiger partial charge in [-0.3, -0.25) is 0 Å². The van der Waals surface area contributed by atoms with Gasteiger partial charge in [-0.1, -0.05) is 26.8 Å². The summed E-state index contributed by atoms with van der Waals surface area (Å²) in [6.07, 6.45) is 1.13. The molecule has 0 bridgehead atoms. The van der Waals surface area contributed by atoms with Crippen molar-refractivity contribution in [1.82, 2.24) is 5.32 Å². The van der Waals surface area contributed by atoms with E-state index in [1.807, 2.05) is 12.1 Å². The summed E-state index contributed by atoms with van der Waals surface area (Å²) in [5.41, 5.74) is 1.41. The summed E-state index contributed by atoms with van der Waals surface area (Å²) in [5.74, 6) is 2.06. The summed E-state index contributed by atoms with van der Waals surface area (Å²) in [6, 6.07) is 3.91. The van der Waals surface area contributed by atoms with Crippen molar-refractivity contribution in [2.45, 2.75) is 33.7 Å². The third kappa shape index (κ3) is 4.60. The summed E-state index contributed by atoms with van der Waals surface area (Å²) >= 11 is 0. The maximum atomic E-state index is 5.46. The van der Waals surface area contributed by atoms with E-state index in [1.165, 1.54) is 0 Å². The van der Waals surface area contributed by atoms with E-state index in [0.717, 1.165) is 30.8 Å². The van der Waals surface area contributed by atoms with Crippen molar-refractivity contribution >= 4 is 0 Å². The predicted molar refractivity (Wildman–Crippen MR) is 81.9 cm³/mol. The molecule has 0 aliphatic carbocycles. The smallest absolute Gasteiger partial charge is 0.203 e. The van der Waals surface area contributed by atoms with Crippen molar-refractivity contribution < 1.29 is 14.2 Å². The molecular weight excluding hydrogens is 254 g/mol. The van der Waals surface area contributed by atoms with Crippen LogP contribution in [-0.2, 0) is 6.54 Å². The maximum absolute atomic E-state index is 5.46. The standard InChI is InChI=1S/C16H27NO3/c1-16(2,3)9-10-17-11-12-7-8-13(18-4)15(20-6)14(12)19-5/h7-8,17H,9-11H2,1-6H3. The third-order valence-corrected chi connectivity index (χ3v) is 3.15. The minimum absolute atomic E-state index is 0.342. The van der Waals surface area contributed by atoms with Crippen LogP contribution < -0.4 is 19.5 Å². The van der Waals surface area contributed by atoms with Crippen molar-refractivity contribution in [1.29, 1.82) is 0 Å². The Bertz CT molecular complexity index is 424. The van der Waals surface area contributed by atoms with Gasteiger partial charge in [-0.25, -0.2) is 0 Å². The van der Waals surface area contributed by atoms with Crippen LogP contribution in [0.25, 0.3) is 0 Å². The van der Waals surface area contributed by atoms with Gasteiger partial charge in [0.25, 0.3) is 0 Å². The number of benzene rings is 1. The second-order valence-corrected chi connectivity index (χ2v) is 5.98. The molecule has 0 fully saturated rings. The Morgan fingerprint density at radius 1 is 0.950 bits per heavy atom. The third-order valence-electron chi connectivity index (χ3n) is 3.15. The van der Waals surface area contributed by atoms with Crippen LogP contribution in [0.15, 0.2) is 12.1 Å². The Kier molecular flexibility index (Phi) is 6.14. The molecule has 0 saturated heterocycles. The van der Waals surface area contributed by atoms with Crippen LogP contribution in [0.2, 0.25) is 0 Å². The molecule has 0 atom stereocenters. The molecule has 0 amide bonds. The number of hydrogen-bond donors (Lipinski definition) is 1. The first-order chi connectivity index (χ1) is 9.42. The number of ether oxygens (including phenoxy) is 3. The van der Waals surface area contributed by atoms with Gasteiger partial charge in [0, 0.05) is 12.1 Å². The summed E-state index contributed by atoms with van der Waals surface area (Å²) in [4.78, 5) is 0. The van der Waals surface area contributed by atoms with Gasteiger partial charge in [-0.05, 0) is 24.4 Å². The molecule has 0 unspecified atom stereocenters. The van der Waals surface area contributed by atoms with Gasteiger partial charge in [0.15, 0.2) is 11.5 Å². The van der Waals surface area contributed by atoms with E-state index < -0.39 is 0 Å². The van der Waals surface area contributed by atoms with Gasteiger partial charge in [0.2, 0.25) is 5.75 Å². The first-order valence-electron chi connectivity index (χ1n) is 6.91. The van der Waals surface area contributed by atoms with Crippen LogP contribution in [0.3, 0.4) is 0 Å². The Morgan fingerprint density at radius 2 is 1.60 bits per heavy atom. The normalized spacial score (nSPS) is 11.3. The van der Waals surface area contributed by atoms with E-state index in [0.29, 0.717) is 16.9 Å². The zero-order valence-electron chi connectivity index (χ0n) is 13.5. The zero-order valence-corrected chi connectivity index (χ0v) is 13.5. The van der Waals surface area contributed by atoms with Crippen LogP contribution in [0.4, 0.5) is 0 Å². The Morgan fingerprint density at radius 3 is 2.10 bits per heavy atom. The first kappa shape index (κ1) is 16.6. The molecule has 114 valence electrons. The number of hydrogen-bond acceptors (Lipinski definition) is 4. The summed E-state index contributed by atoms with van der Waals surface area (Å²) in [7, 11) is 4.89. The second kappa shape index (κ2) is 7.39. The molecule has 1 N–H and O–H groups in total. The maximum Gasteiger partial charge on any atom is 0.203 e. The highest BCUT2D eigenvalue weighted by Gasteiger charge is 2.15. The van der Waals surface area contributed by atoms with Gasteiger partial charge in [-0.15, -0.1) is 0 Å². The molecule has 0 heterocycles. The molecule has 0 saturated carbocycles. The van der Waals surface area contributed by atoms with E-state index in [1.54, 1.807) is 21.3 Å². The molecule has 20 heavy (non-hydrogen) atoms. The fourth-order valence-electron chi connectivity index (χ4n) is 1.99. The van der Waals surface area contributed by atoms with E-state index in [-0.39, 0.29) is 0 Å². The zero-order chi connectivity index (χ0) is 15.2. The van der Waals surface area contributed by atoms with Crippen LogP contribution >= 0.6 is 0 Å². The predicted octanol–water partition coefficient (Wildman–Crippen LogP) is 3.24. The second-order valence-electron chi connectivity index (χ2n) is 5.98. The number of nitrogens with one attached hydrogen (secondary N) is 1. The topological polar surface area (TPSA) is 39.7 Å². The van der Waals surface area contributed by atoms with E-state index in [9.17, 15) is 0 Å². The highest BCUT2D eigenvalue weighted by Crippen LogP contribution is 2.39. The molecule has 0 radical (unpaired) electrons. The Hall–Kier alpha value is -1.42. The largest absolute Gasteiger partial charge is 0.493 e. The first-order valence-corrected chi connectivity index (χ1v) is 6.91. The van der Waals surface area contributed by atoms with Gasteiger partial charge in [0.05, 0.1) is 21.3 Å². The molecule has 0 aliphatic rings. The highest BCUT2D eigenvalue weighted by atomic mass is 16.5. The molecule has 4 heteroatoms. The molecule has 0 spiro atoms. The van der Waals surface area contributed by atoms with Crippen molar-refractivity contribution in [3.8, 4) is 17.2 Å². The summed E-state index contributed by atoms with van der Waals surface area (Å²) in [6.45, 7) is 8.45. The molecule has 0 aromatic heterocycles. The van der Waals surface area contributed by atoms with Crippen molar-refractivity contribution in [2.75, 3.05) is 27.9 Å². The number of rotatable bonds is 7. The summed E-state index contributed by atoms with van der Waals surface area (Å²) in [5, 5.41) is 3.45. The molecular formula is C16H27NO3.